The van der Waals surface area contributed by atoms with E-state index in [9.17, 15) is 4.39 Å². The smallest absolute Gasteiger partial charge is 0.123 e. The minimum absolute atomic E-state index is 0.0354. The van der Waals surface area contributed by atoms with Crippen molar-refractivity contribution >= 4 is 0 Å². The number of hydrogen-bond acceptors (Lipinski definition) is 2. The van der Waals surface area contributed by atoms with Gasteiger partial charge in [0.15, 0.2) is 0 Å². The minimum atomic E-state index is -0.203. The van der Waals surface area contributed by atoms with Crippen LogP contribution in [0.2, 0.25) is 0 Å². The molecule has 2 N–H and O–H groups in total. The van der Waals surface area contributed by atoms with Crippen LogP contribution in [-0.2, 0) is 11.2 Å². The van der Waals surface area contributed by atoms with Gasteiger partial charge in [0.25, 0.3) is 0 Å². The van der Waals surface area contributed by atoms with Crippen molar-refractivity contribution in [2.75, 3.05) is 0 Å². The third kappa shape index (κ3) is 2.80. The third-order valence-corrected chi connectivity index (χ3v) is 3.10. The number of rotatable bonds is 3. The maximum absolute atomic E-state index is 13.0. The van der Waals surface area contributed by atoms with Crippen LogP contribution >= 0.6 is 0 Å². The monoisotopic (exact) mass is 223 g/mol. The molecule has 0 aliphatic carbocycles. The fourth-order valence-corrected chi connectivity index (χ4v) is 2.22. The van der Waals surface area contributed by atoms with Crippen molar-refractivity contribution in [2.45, 2.75) is 44.4 Å². The van der Waals surface area contributed by atoms with Gasteiger partial charge in [-0.05, 0) is 43.9 Å². The molecule has 1 heterocycles. The zero-order valence-electron chi connectivity index (χ0n) is 9.53. The summed E-state index contributed by atoms with van der Waals surface area (Å²) in [5.74, 6) is -0.203. The highest BCUT2D eigenvalue weighted by molar-refractivity contribution is 5.17. The lowest BCUT2D eigenvalue weighted by Gasteiger charge is -2.19. The van der Waals surface area contributed by atoms with Crippen LogP contribution in [0.4, 0.5) is 4.39 Å². The van der Waals surface area contributed by atoms with E-state index in [2.05, 4.69) is 6.92 Å². The molecule has 1 aliphatic rings. The standard InChI is InChI=1S/C13H18FNO/c1-9-5-6-13(16-9)12(15)8-10-3-2-4-11(14)7-10/h2-4,7,9,12-13H,5-6,8,15H2,1H3. The van der Waals surface area contributed by atoms with Gasteiger partial charge in [-0.3, -0.25) is 0 Å². The van der Waals surface area contributed by atoms with Crippen LogP contribution in [0.1, 0.15) is 25.3 Å². The fourth-order valence-electron chi connectivity index (χ4n) is 2.22. The highest BCUT2D eigenvalue weighted by Gasteiger charge is 2.27. The lowest BCUT2D eigenvalue weighted by Crippen LogP contribution is -2.36. The Morgan fingerprint density at radius 3 is 2.94 bits per heavy atom. The molecule has 0 saturated carbocycles. The largest absolute Gasteiger partial charge is 0.374 e. The molecule has 0 aromatic heterocycles. The predicted molar refractivity (Wildman–Crippen MR) is 61.6 cm³/mol. The highest BCUT2D eigenvalue weighted by Crippen LogP contribution is 2.22. The van der Waals surface area contributed by atoms with E-state index in [0.29, 0.717) is 12.5 Å². The molecule has 1 aliphatic heterocycles. The van der Waals surface area contributed by atoms with E-state index in [1.807, 2.05) is 6.07 Å². The Hall–Kier alpha value is -0.930. The van der Waals surface area contributed by atoms with Crippen LogP contribution in [0.5, 0.6) is 0 Å². The number of halogens is 1. The van der Waals surface area contributed by atoms with Crippen molar-refractivity contribution in [3.63, 3.8) is 0 Å². The lowest BCUT2D eigenvalue weighted by molar-refractivity contribution is 0.0404. The summed E-state index contributed by atoms with van der Waals surface area (Å²) >= 11 is 0. The number of benzene rings is 1. The Morgan fingerprint density at radius 1 is 1.50 bits per heavy atom. The second-order valence-corrected chi connectivity index (χ2v) is 4.56. The third-order valence-electron chi connectivity index (χ3n) is 3.10. The van der Waals surface area contributed by atoms with Crippen molar-refractivity contribution in [2.24, 2.45) is 5.73 Å². The molecular formula is C13H18FNO. The summed E-state index contributed by atoms with van der Waals surface area (Å²) in [7, 11) is 0. The first kappa shape index (κ1) is 11.6. The first-order chi connectivity index (χ1) is 7.65. The van der Waals surface area contributed by atoms with Gasteiger partial charge in [0.2, 0.25) is 0 Å². The van der Waals surface area contributed by atoms with E-state index in [-0.39, 0.29) is 18.0 Å². The van der Waals surface area contributed by atoms with Crippen molar-refractivity contribution in [1.29, 1.82) is 0 Å². The van der Waals surface area contributed by atoms with Crippen LogP contribution in [0.15, 0.2) is 24.3 Å². The maximum atomic E-state index is 13.0. The zero-order valence-corrected chi connectivity index (χ0v) is 9.53. The molecule has 1 aromatic rings. The average molecular weight is 223 g/mol. The molecule has 0 spiro atoms. The van der Waals surface area contributed by atoms with Crippen molar-refractivity contribution in [3.8, 4) is 0 Å². The quantitative estimate of drug-likeness (QED) is 0.853. The molecule has 88 valence electrons. The van der Waals surface area contributed by atoms with E-state index < -0.39 is 0 Å². The molecule has 2 nitrogen and oxygen atoms in total. The summed E-state index contributed by atoms with van der Waals surface area (Å²) in [5, 5.41) is 0. The van der Waals surface area contributed by atoms with Crippen molar-refractivity contribution in [3.05, 3.63) is 35.6 Å². The predicted octanol–water partition coefficient (Wildman–Crippen LogP) is 2.26. The Balaban J connectivity index is 1.94. The van der Waals surface area contributed by atoms with E-state index >= 15 is 0 Å². The molecule has 0 bridgehead atoms. The second kappa shape index (κ2) is 4.93. The van der Waals surface area contributed by atoms with Gasteiger partial charge in [-0.2, -0.15) is 0 Å². The number of hydrogen-bond donors (Lipinski definition) is 1. The molecule has 0 radical (unpaired) electrons. The summed E-state index contributed by atoms with van der Waals surface area (Å²) in [6.45, 7) is 2.06. The topological polar surface area (TPSA) is 35.2 Å². The molecule has 3 unspecified atom stereocenters. The SMILES string of the molecule is CC1CCC(C(N)Cc2cccc(F)c2)O1. The van der Waals surface area contributed by atoms with Gasteiger partial charge in [0, 0.05) is 6.04 Å². The normalized spacial score (nSPS) is 26.9. The highest BCUT2D eigenvalue weighted by atomic mass is 19.1. The molecule has 1 fully saturated rings. The maximum Gasteiger partial charge on any atom is 0.123 e. The molecular weight excluding hydrogens is 205 g/mol. The summed E-state index contributed by atoms with van der Waals surface area (Å²) in [6.07, 6.45) is 3.19. The van der Waals surface area contributed by atoms with Crippen LogP contribution in [0.25, 0.3) is 0 Å². The second-order valence-electron chi connectivity index (χ2n) is 4.56. The molecule has 3 heteroatoms. The van der Waals surface area contributed by atoms with Gasteiger partial charge >= 0.3 is 0 Å². The van der Waals surface area contributed by atoms with Crippen LogP contribution < -0.4 is 5.73 Å². The summed E-state index contributed by atoms with van der Waals surface area (Å²) in [6, 6.07) is 6.57. The number of nitrogens with two attached hydrogens (primary N) is 1. The zero-order chi connectivity index (χ0) is 11.5. The summed E-state index contributed by atoms with van der Waals surface area (Å²) < 4.78 is 18.7. The fraction of sp³-hybridized carbons (Fsp3) is 0.538. The van der Waals surface area contributed by atoms with Gasteiger partial charge in [0.1, 0.15) is 5.82 Å². The summed E-state index contributed by atoms with van der Waals surface area (Å²) in [4.78, 5) is 0. The molecule has 1 saturated heterocycles. The summed E-state index contributed by atoms with van der Waals surface area (Å²) in [5.41, 5.74) is 7.02. The minimum Gasteiger partial charge on any atom is -0.374 e. The van der Waals surface area contributed by atoms with Crippen molar-refractivity contribution < 1.29 is 9.13 Å². The van der Waals surface area contributed by atoms with Crippen molar-refractivity contribution in [1.82, 2.24) is 0 Å². The molecule has 1 aromatic carbocycles. The van der Waals surface area contributed by atoms with Gasteiger partial charge in [0.05, 0.1) is 12.2 Å². The Morgan fingerprint density at radius 2 is 2.31 bits per heavy atom. The Kier molecular flexibility index (Phi) is 3.56. The van der Waals surface area contributed by atoms with Gasteiger partial charge in [-0.15, -0.1) is 0 Å². The van der Waals surface area contributed by atoms with Crippen LogP contribution in [-0.4, -0.2) is 18.2 Å². The van der Waals surface area contributed by atoms with E-state index in [4.69, 9.17) is 10.5 Å². The first-order valence-corrected chi connectivity index (χ1v) is 5.80. The molecule has 16 heavy (non-hydrogen) atoms. The van der Waals surface area contributed by atoms with Crippen LogP contribution in [0, 0.1) is 5.82 Å². The average Bonchev–Trinajstić information content (AvgIpc) is 2.65. The Labute approximate surface area is 95.6 Å². The number of ether oxygens (including phenoxy) is 1. The molecule has 2 rings (SSSR count). The molecule has 0 amide bonds. The van der Waals surface area contributed by atoms with Gasteiger partial charge in [-0.1, -0.05) is 12.1 Å². The first-order valence-electron chi connectivity index (χ1n) is 5.80. The molecule has 3 atom stereocenters. The Bertz CT molecular complexity index is 356. The lowest BCUT2D eigenvalue weighted by atomic mass is 10.00. The van der Waals surface area contributed by atoms with Gasteiger partial charge < -0.3 is 10.5 Å². The van der Waals surface area contributed by atoms with E-state index in [1.54, 1.807) is 6.07 Å². The van der Waals surface area contributed by atoms with E-state index in [1.165, 1.54) is 12.1 Å². The van der Waals surface area contributed by atoms with Gasteiger partial charge in [-0.25, -0.2) is 4.39 Å². The van der Waals surface area contributed by atoms with E-state index in [0.717, 1.165) is 18.4 Å². The van der Waals surface area contributed by atoms with Crippen LogP contribution in [0.3, 0.4) is 0 Å².